The van der Waals surface area contributed by atoms with Crippen molar-refractivity contribution in [3.05, 3.63) is 24.8 Å². The first-order valence-electron chi connectivity index (χ1n) is 11.1. The van der Waals surface area contributed by atoms with Crippen molar-refractivity contribution in [3.8, 4) is 0 Å². The molecule has 0 aromatic carbocycles. The van der Waals surface area contributed by atoms with E-state index >= 15 is 0 Å². The summed E-state index contributed by atoms with van der Waals surface area (Å²) in [5.74, 6) is 1.82. The molecule has 0 amide bonds. The van der Waals surface area contributed by atoms with Crippen LogP contribution < -0.4 is 0 Å². The second kappa shape index (κ2) is 20.5. The summed E-state index contributed by atoms with van der Waals surface area (Å²) in [4.78, 5) is 20.1. The van der Waals surface area contributed by atoms with E-state index in [0.717, 1.165) is 26.1 Å². The summed E-state index contributed by atoms with van der Waals surface area (Å²) in [5, 5.41) is 7.00. The maximum absolute atomic E-state index is 10.9. The number of aliphatic hydroxyl groups excluding tert-OH is 1. The highest BCUT2D eigenvalue weighted by Gasteiger charge is 2.44. The second-order valence-electron chi connectivity index (χ2n) is 7.27. The number of hydrogen-bond acceptors (Lipinski definition) is 3. The first-order valence-corrected chi connectivity index (χ1v) is 11.1. The monoisotopic (exact) mass is 396 g/mol. The molecule has 166 valence electrons. The molecule has 1 aliphatic rings. The summed E-state index contributed by atoms with van der Waals surface area (Å²) in [6.45, 7) is 21.0. The number of rotatable bonds is 8. The van der Waals surface area contributed by atoms with Crippen molar-refractivity contribution in [1.29, 1.82) is 0 Å². The Labute approximate surface area is 175 Å². The van der Waals surface area contributed by atoms with Gasteiger partial charge in [0.25, 0.3) is 0 Å². The van der Waals surface area contributed by atoms with Crippen molar-refractivity contribution in [2.75, 3.05) is 7.11 Å². The molecule has 3 heteroatoms. The minimum absolute atomic E-state index is 0.294. The molecular weight excluding hydrogens is 348 g/mol. The smallest absolute Gasteiger partial charge is 0.120 e. The van der Waals surface area contributed by atoms with Gasteiger partial charge in [0.1, 0.15) is 12.6 Å². The van der Waals surface area contributed by atoms with Crippen LogP contribution in [-0.2, 0) is 9.59 Å². The van der Waals surface area contributed by atoms with Gasteiger partial charge in [0, 0.05) is 20.0 Å². The lowest BCUT2D eigenvalue weighted by Gasteiger charge is -2.46. The molecule has 1 rings (SSSR count). The quantitative estimate of drug-likeness (QED) is 0.279. The zero-order chi connectivity index (χ0) is 22.6. The Morgan fingerprint density at radius 2 is 1.61 bits per heavy atom. The highest BCUT2D eigenvalue weighted by molar-refractivity contribution is 5.49. The lowest BCUT2D eigenvalue weighted by Crippen LogP contribution is -2.38. The van der Waals surface area contributed by atoms with E-state index in [-0.39, 0.29) is 0 Å². The number of hydrogen-bond donors (Lipinski definition) is 1. The Hall–Kier alpha value is -1.22. The lowest BCUT2D eigenvalue weighted by atomic mass is 9.59. The van der Waals surface area contributed by atoms with Gasteiger partial charge in [-0.2, -0.15) is 0 Å². The SMILES string of the molecule is C=CC(=C)C1CCCC(C)C(CCC)(CCC=O)[C@H]1C.CC.CCC=O.CO. The van der Waals surface area contributed by atoms with Crippen LogP contribution in [0.5, 0.6) is 0 Å². The number of allylic oxidation sites excluding steroid dienone is 2. The fourth-order valence-electron chi connectivity index (χ4n) is 4.55. The van der Waals surface area contributed by atoms with E-state index in [1.165, 1.54) is 37.7 Å². The molecule has 0 aromatic rings. The molecule has 0 saturated heterocycles. The third-order valence-corrected chi connectivity index (χ3v) is 5.99. The van der Waals surface area contributed by atoms with Crippen LogP contribution in [0.1, 0.15) is 92.9 Å². The summed E-state index contributed by atoms with van der Waals surface area (Å²) in [5.41, 5.74) is 1.49. The highest BCUT2D eigenvalue weighted by atomic mass is 16.2. The molecule has 0 spiro atoms. The van der Waals surface area contributed by atoms with Crippen molar-refractivity contribution >= 4 is 12.6 Å². The van der Waals surface area contributed by atoms with Gasteiger partial charge in [0.15, 0.2) is 0 Å². The van der Waals surface area contributed by atoms with Crippen LogP contribution in [0.2, 0.25) is 0 Å². The lowest BCUT2D eigenvalue weighted by molar-refractivity contribution is -0.109. The fourth-order valence-corrected chi connectivity index (χ4v) is 4.55. The van der Waals surface area contributed by atoms with E-state index in [4.69, 9.17) is 5.11 Å². The normalized spacial score (nSPS) is 25.8. The Balaban J connectivity index is -0.000000675. The Morgan fingerprint density at radius 3 is 2.00 bits per heavy atom. The molecule has 1 fully saturated rings. The van der Waals surface area contributed by atoms with Crippen molar-refractivity contribution < 1.29 is 14.7 Å². The van der Waals surface area contributed by atoms with Gasteiger partial charge in [-0.25, -0.2) is 0 Å². The van der Waals surface area contributed by atoms with Gasteiger partial charge < -0.3 is 14.7 Å². The predicted molar refractivity (Wildman–Crippen MR) is 123 cm³/mol. The summed E-state index contributed by atoms with van der Waals surface area (Å²) >= 11 is 0. The van der Waals surface area contributed by atoms with E-state index in [0.29, 0.717) is 36.0 Å². The van der Waals surface area contributed by atoms with E-state index in [1.54, 1.807) is 0 Å². The van der Waals surface area contributed by atoms with Gasteiger partial charge in [-0.1, -0.05) is 85.6 Å². The molecule has 1 N–H and O–H groups in total. The topological polar surface area (TPSA) is 54.4 Å². The molecule has 0 radical (unpaired) electrons. The summed E-state index contributed by atoms with van der Waals surface area (Å²) in [6.07, 6.45) is 12.5. The van der Waals surface area contributed by atoms with Gasteiger partial charge in [0.2, 0.25) is 0 Å². The molecule has 4 atom stereocenters. The van der Waals surface area contributed by atoms with Crippen LogP contribution in [0, 0.1) is 23.2 Å². The summed E-state index contributed by atoms with van der Waals surface area (Å²) in [6, 6.07) is 0. The third kappa shape index (κ3) is 10.4. The van der Waals surface area contributed by atoms with Crippen molar-refractivity contribution in [2.45, 2.75) is 92.9 Å². The highest BCUT2D eigenvalue weighted by Crippen LogP contribution is 2.53. The molecule has 28 heavy (non-hydrogen) atoms. The average Bonchev–Trinajstić information content (AvgIpc) is 2.87. The zero-order valence-corrected chi connectivity index (χ0v) is 19.8. The van der Waals surface area contributed by atoms with Crippen LogP contribution in [0.3, 0.4) is 0 Å². The first kappa shape index (κ1) is 31.5. The van der Waals surface area contributed by atoms with Gasteiger partial charge in [0.05, 0.1) is 0 Å². The maximum atomic E-state index is 10.9. The van der Waals surface area contributed by atoms with Gasteiger partial charge >= 0.3 is 0 Å². The van der Waals surface area contributed by atoms with Crippen molar-refractivity contribution in [3.63, 3.8) is 0 Å². The maximum Gasteiger partial charge on any atom is 0.120 e. The standard InChI is InChI=1S/C19H32O.C3H6O.C2H6.CH4O/c1-6-12-19(13-9-14-20)16(4)10-8-11-18(17(19)5)15(3)7-2;1-2-3-4;2*1-2/h7,14,16-18H,2-3,6,8-13H2,1,4-5H3;3H,2H2,1H3;1-2H3;2H,1H3/t16?,17-,18?,19?;;;/m0.../s1. The van der Waals surface area contributed by atoms with Crippen LogP contribution >= 0.6 is 0 Å². The molecule has 0 aromatic heterocycles. The zero-order valence-electron chi connectivity index (χ0n) is 19.8. The second-order valence-corrected chi connectivity index (χ2v) is 7.27. The molecule has 0 aliphatic heterocycles. The number of carbonyl (C=O) groups is 2. The summed E-state index contributed by atoms with van der Waals surface area (Å²) in [7, 11) is 1.00. The minimum atomic E-state index is 0.294. The average molecular weight is 397 g/mol. The van der Waals surface area contributed by atoms with Gasteiger partial charge in [-0.3, -0.25) is 0 Å². The minimum Gasteiger partial charge on any atom is -0.400 e. The largest absolute Gasteiger partial charge is 0.400 e. The molecule has 3 unspecified atom stereocenters. The number of carbonyl (C=O) groups excluding carboxylic acids is 2. The van der Waals surface area contributed by atoms with E-state index in [9.17, 15) is 9.59 Å². The van der Waals surface area contributed by atoms with Crippen LogP contribution in [0.15, 0.2) is 24.8 Å². The molecule has 3 nitrogen and oxygen atoms in total. The molecule has 0 bridgehead atoms. The van der Waals surface area contributed by atoms with Crippen LogP contribution in [-0.4, -0.2) is 24.8 Å². The Morgan fingerprint density at radius 1 is 1.07 bits per heavy atom. The van der Waals surface area contributed by atoms with E-state index in [2.05, 4.69) is 33.9 Å². The first-order chi connectivity index (χ1) is 13.4. The van der Waals surface area contributed by atoms with Gasteiger partial charge in [-0.05, 0) is 42.4 Å². The fraction of sp³-hybridized carbons (Fsp3) is 0.760. The molecule has 0 heterocycles. The molecule has 1 saturated carbocycles. The summed E-state index contributed by atoms with van der Waals surface area (Å²) < 4.78 is 0. The third-order valence-electron chi connectivity index (χ3n) is 5.99. The van der Waals surface area contributed by atoms with E-state index < -0.39 is 0 Å². The Bertz CT molecular complexity index is 403. The van der Waals surface area contributed by atoms with E-state index in [1.807, 2.05) is 26.8 Å². The number of aldehydes is 2. The predicted octanol–water partition coefficient (Wildman–Crippen LogP) is 6.80. The number of aliphatic hydroxyl groups is 1. The van der Waals surface area contributed by atoms with Crippen LogP contribution in [0.25, 0.3) is 0 Å². The van der Waals surface area contributed by atoms with Crippen LogP contribution in [0.4, 0.5) is 0 Å². The van der Waals surface area contributed by atoms with Crippen molar-refractivity contribution in [1.82, 2.24) is 0 Å². The van der Waals surface area contributed by atoms with Gasteiger partial charge in [-0.15, -0.1) is 0 Å². The molecule has 1 aliphatic carbocycles. The Kier molecular flexibility index (Phi) is 23.1. The molecular formula is C25H48O3. The van der Waals surface area contributed by atoms with Crippen molar-refractivity contribution in [2.24, 2.45) is 23.2 Å².